The molecule has 0 radical (unpaired) electrons. The Kier molecular flexibility index (Phi) is 4.62. The van der Waals surface area contributed by atoms with Gasteiger partial charge in [-0.1, -0.05) is 17.7 Å². The van der Waals surface area contributed by atoms with Crippen molar-refractivity contribution in [2.24, 2.45) is 0 Å². The lowest BCUT2D eigenvalue weighted by molar-refractivity contribution is 0.340. The molecule has 0 aliphatic carbocycles. The van der Waals surface area contributed by atoms with Gasteiger partial charge in [0.1, 0.15) is 11.8 Å². The lowest BCUT2D eigenvalue weighted by atomic mass is 10.1. The highest BCUT2D eigenvalue weighted by Crippen LogP contribution is 2.32. The normalized spacial score (nSPS) is 11.6. The predicted molar refractivity (Wildman–Crippen MR) is 80.2 cm³/mol. The van der Waals surface area contributed by atoms with E-state index in [2.05, 4.69) is 6.07 Å². The van der Waals surface area contributed by atoms with E-state index in [-0.39, 0.29) is 0 Å². The maximum Gasteiger partial charge on any atom is 0.119 e. The van der Waals surface area contributed by atoms with Crippen molar-refractivity contribution in [3.63, 3.8) is 0 Å². The molecule has 0 aliphatic heterocycles. The summed E-state index contributed by atoms with van der Waals surface area (Å²) in [6, 6.07) is 13.4. The van der Waals surface area contributed by atoms with Gasteiger partial charge < -0.3 is 4.74 Å². The van der Waals surface area contributed by atoms with Crippen LogP contribution in [0.15, 0.2) is 41.8 Å². The number of allylic oxidation sites excluding steroid dienone is 1. The van der Waals surface area contributed by atoms with E-state index in [0.717, 1.165) is 16.2 Å². The average Bonchev–Trinajstić information content (AvgIpc) is 2.95. The Hall–Kier alpha value is -1.76. The van der Waals surface area contributed by atoms with Crippen LogP contribution in [0.1, 0.15) is 17.4 Å². The zero-order valence-corrected chi connectivity index (χ0v) is 12.0. The van der Waals surface area contributed by atoms with Crippen LogP contribution >= 0.6 is 22.9 Å². The van der Waals surface area contributed by atoms with Crippen molar-refractivity contribution in [2.75, 3.05) is 6.61 Å². The molecule has 0 saturated heterocycles. The van der Waals surface area contributed by atoms with E-state index < -0.39 is 0 Å². The minimum absolute atomic E-state index is 0.466. The average molecular weight is 290 g/mol. The molecule has 1 heterocycles. The molecular weight excluding hydrogens is 278 g/mol. The predicted octanol–water partition coefficient (Wildman–Crippen LogP) is 4.78. The number of halogens is 1. The second-order valence-corrected chi connectivity index (χ2v) is 5.06. The summed E-state index contributed by atoms with van der Waals surface area (Å²) in [4.78, 5) is 0.876. The third kappa shape index (κ3) is 3.17. The van der Waals surface area contributed by atoms with Crippen LogP contribution in [0.3, 0.4) is 0 Å². The Bertz CT molecular complexity index is 609. The second-order valence-electron chi connectivity index (χ2n) is 3.74. The molecule has 2 rings (SSSR count). The topological polar surface area (TPSA) is 33.0 Å². The monoisotopic (exact) mass is 289 g/mol. The fraction of sp³-hybridized carbons (Fsp3) is 0.133. The number of rotatable bonds is 4. The Morgan fingerprint density at radius 1 is 1.32 bits per heavy atom. The van der Waals surface area contributed by atoms with Gasteiger partial charge in [-0.15, -0.1) is 11.3 Å². The molecule has 0 N–H and O–H groups in total. The highest BCUT2D eigenvalue weighted by Gasteiger charge is 2.10. The first-order valence-electron chi connectivity index (χ1n) is 5.83. The van der Waals surface area contributed by atoms with E-state index in [0.29, 0.717) is 17.2 Å². The van der Waals surface area contributed by atoms with E-state index in [1.54, 1.807) is 0 Å². The van der Waals surface area contributed by atoms with Crippen molar-refractivity contribution < 1.29 is 4.74 Å². The van der Waals surface area contributed by atoms with Crippen LogP contribution in [0, 0.1) is 11.3 Å². The lowest BCUT2D eigenvalue weighted by Crippen LogP contribution is -1.91. The molecule has 0 unspecified atom stereocenters. The summed E-state index contributed by atoms with van der Waals surface area (Å²) >= 11 is 7.82. The number of hydrogen-bond acceptors (Lipinski definition) is 3. The summed E-state index contributed by atoms with van der Waals surface area (Å²) in [5.41, 5.74) is 1.32. The maximum atomic E-state index is 9.26. The van der Waals surface area contributed by atoms with Gasteiger partial charge >= 0.3 is 0 Å². The lowest BCUT2D eigenvalue weighted by Gasteiger charge is -2.05. The number of nitriles is 1. The molecule has 0 fully saturated rings. The van der Waals surface area contributed by atoms with Crippen LogP contribution in [0.25, 0.3) is 10.6 Å². The fourth-order valence-corrected chi connectivity index (χ4v) is 2.69. The molecule has 0 bridgehead atoms. The summed E-state index contributed by atoms with van der Waals surface area (Å²) < 4.78 is 5.38. The van der Waals surface area contributed by atoms with Crippen molar-refractivity contribution in [3.05, 3.63) is 52.2 Å². The Morgan fingerprint density at radius 3 is 2.58 bits per heavy atom. The SMILES string of the molecule is CCOc1ccc(/C(Cl)=C(\C#N)c2cccs2)cc1. The van der Waals surface area contributed by atoms with Crippen molar-refractivity contribution in [1.29, 1.82) is 5.26 Å². The van der Waals surface area contributed by atoms with Crippen LogP contribution in [0.4, 0.5) is 0 Å². The van der Waals surface area contributed by atoms with Gasteiger partial charge in [-0.3, -0.25) is 0 Å². The first kappa shape index (κ1) is 13.7. The van der Waals surface area contributed by atoms with Gasteiger partial charge in [0.25, 0.3) is 0 Å². The highest BCUT2D eigenvalue weighted by atomic mass is 35.5. The third-order valence-electron chi connectivity index (χ3n) is 2.52. The first-order chi connectivity index (χ1) is 9.26. The quantitative estimate of drug-likeness (QED) is 0.759. The Labute approximate surface area is 121 Å². The maximum absolute atomic E-state index is 9.26. The zero-order chi connectivity index (χ0) is 13.7. The molecule has 0 amide bonds. The van der Waals surface area contributed by atoms with Crippen molar-refractivity contribution >= 4 is 33.5 Å². The van der Waals surface area contributed by atoms with Crippen molar-refractivity contribution in [1.82, 2.24) is 0 Å². The molecule has 4 heteroatoms. The van der Waals surface area contributed by atoms with Gasteiger partial charge in [0.05, 0.1) is 17.2 Å². The van der Waals surface area contributed by atoms with E-state index in [1.807, 2.05) is 48.7 Å². The largest absolute Gasteiger partial charge is 0.494 e. The molecule has 1 aromatic carbocycles. The minimum Gasteiger partial charge on any atom is -0.494 e. The van der Waals surface area contributed by atoms with Gasteiger partial charge in [0.15, 0.2) is 0 Å². The highest BCUT2D eigenvalue weighted by molar-refractivity contribution is 7.11. The summed E-state index contributed by atoms with van der Waals surface area (Å²) in [5, 5.41) is 11.6. The summed E-state index contributed by atoms with van der Waals surface area (Å²) in [6.45, 7) is 2.56. The minimum atomic E-state index is 0.466. The molecule has 0 atom stereocenters. The zero-order valence-electron chi connectivity index (χ0n) is 10.4. The van der Waals surface area contributed by atoms with Crippen LogP contribution in [0.5, 0.6) is 5.75 Å². The fourth-order valence-electron chi connectivity index (χ4n) is 1.64. The van der Waals surface area contributed by atoms with Crippen LogP contribution in [-0.4, -0.2) is 6.61 Å². The summed E-state index contributed by atoms with van der Waals surface area (Å²) in [5.74, 6) is 0.797. The van der Waals surface area contributed by atoms with E-state index in [9.17, 15) is 5.26 Å². The number of nitrogens with zero attached hydrogens (tertiary/aromatic N) is 1. The third-order valence-corrected chi connectivity index (χ3v) is 3.81. The molecular formula is C15H12ClNOS. The molecule has 2 aromatic rings. The van der Waals surface area contributed by atoms with E-state index in [4.69, 9.17) is 16.3 Å². The molecule has 0 saturated carbocycles. The van der Waals surface area contributed by atoms with Crippen molar-refractivity contribution in [3.8, 4) is 11.8 Å². The molecule has 19 heavy (non-hydrogen) atoms. The van der Waals surface area contributed by atoms with E-state index >= 15 is 0 Å². The first-order valence-corrected chi connectivity index (χ1v) is 7.09. The van der Waals surface area contributed by atoms with Crippen LogP contribution in [0.2, 0.25) is 0 Å². The van der Waals surface area contributed by atoms with Gasteiger partial charge in [-0.25, -0.2) is 0 Å². The molecule has 0 aliphatic rings. The van der Waals surface area contributed by atoms with Gasteiger partial charge in [-0.2, -0.15) is 5.26 Å². The standard InChI is InChI=1S/C15H12ClNOS/c1-2-18-12-7-5-11(6-8-12)15(16)13(10-17)14-4-3-9-19-14/h3-9H,2H2,1H3/b15-13-. The Morgan fingerprint density at radius 2 is 2.05 bits per heavy atom. The number of benzene rings is 1. The Balaban J connectivity index is 2.37. The number of thiophene rings is 1. The van der Waals surface area contributed by atoms with Gasteiger partial charge in [0, 0.05) is 4.88 Å². The summed E-state index contributed by atoms with van der Waals surface area (Å²) in [6.07, 6.45) is 0. The molecule has 96 valence electrons. The van der Waals surface area contributed by atoms with Crippen LogP contribution < -0.4 is 4.74 Å². The molecule has 0 spiro atoms. The van der Waals surface area contributed by atoms with Gasteiger partial charge in [-0.05, 0) is 48.2 Å². The van der Waals surface area contributed by atoms with Crippen molar-refractivity contribution in [2.45, 2.75) is 6.92 Å². The van der Waals surface area contributed by atoms with E-state index in [1.165, 1.54) is 11.3 Å². The smallest absolute Gasteiger partial charge is 0.119 e. The van der Waals surface area contributed by atoms with Crippen LogP contribution in [-0.2, 0) is 0 Å². The number of hydrogen-bond donors (Lipinski definition) is 0. The number of ether oxygens (including phenoxy) is 1. The van der Waals surface area contributed by atoms with Gasteiger partial charge in [0.2, 0.25) is 0 Å². The second kappa shape index (κ2) is 6.42. The molecule has 1 aromatic heterocycles. The summed E-state index contributed by atoms with van der Waals surface area (Å²) in [7, 11) is 0. The molecule has 2 nitrogen and oxygen atoms in total.